The normalized spacial score (nSPS) is 20.7. The van der Waals surface area contributed by atoms with Crippen LogP contribution in [0.25, 0.3) is 10.9 Å². The molecule has 1 unspecified atom stereocenters. The van der Waals surface area contributed by atoms with Crippen LogP contribution >= 0.6 is 0 Å². The fourth-order valence-corrected chi connectivity index (χ4v) is 3.01. The maximum Gasteiger partial charge on any atom is 0.261 e. The number of hydrogen-bond acceptors (Lipinski definition) is 5. The van der Waals surface area contributed by atoms with Crippen molar-refractivity contribution >= 4 is 16.8 Å². The van der Waals surface area contributed by atoms with Crippen LogP contribution < -0.4 is 5.56 Å². The fourth-order valence-electron chi connectivity index (χ4n) is 3.01. The summed E-state index contributed by atoms with van der Waals surface area (Å²) in [6.45, 7) is 6.88. The van der Waals surface area contributed by atoms with Gasteiger partial charge in [0.25, 0.3) is 5.56 Å². The number of morpholine rings is 1. The number of pyridine rings is 1. The van der Waals surface area contributed by atoms with Crippen molar-refractivity contribution in [1.82, 2.24) is 19.4 Å². The Kier molecular flexibility index (Phi) is 3.89. The van der Waals surface area contributed by atoms with E-state index in [1.807, 2.05) is 20.8 Å². The van der Waals surface area contributed by atoms with Crippen LogP contribution in [-0.2, 0) is 16.1 Å². The van der Waals surface area contributed by atoms with Gasteiger partial charge < -0.3 is 9.64 Å². The second-order valence-corrected chi connectivity index (χ2v) is 6.53. The number of carbonyl (C=O) groups excluding carboxylic acids is 1. The lowest BCUT2D eigenvalue weighted by atomic mass is 10.1. The third-order valence-electron chi connectivity index (χ3n) is 3.86. The molecule has 0 radical (unpaired) electrons. The highest BCUT2D eigenvalue weighted by Gasteiger charge is 2.33. The average molecular weight is 316 g/mol. The van der Waals surface area contributed by atoms with Crippen LogP contribution in [0.4, 0.5) is 0 Å². The monoisotopic (exact) mass is 316 g/mol. The predicted octanol–water partition coefficient (Wildman–Crippen LogP) is 0.817. The second-order valence-electron chi connectivity index (χ2n) is 6.53. The molecule has 1 atom stereocenters. The highest BCUT2D eigenvalue weighted by Crippen LogP contribution is 2.20. The first-order valence-corrected chi connectivity index (χ1v) is 7.60. The van der Waals surface area contributed by atoms with Gasteiger partial charge in [-0.2, -0.15) is 0 Å². The first-order chi connectivity index (χ1) is 10.9. The van der Waals surface area contributed by atoms with Gasteiger partial charge in [0.2, 0.25) is 5.91 Å². The summed E-state index contributed by atoms with van der Waals surface area (Å²) in [6.07, 6.45) is 4.46. The zero-order valence-corrected chi connectivity index (χ0v) is 13.5. The van der Waals surface area contributed by atoms with Crippen molar-refractivity contribution in [1.29, 1.82) is 0 Å². The molecule has 0 bridgehead atoms. The molecule has 1 amide bonds. The number of carbonyl (C=O) groups is 1. The molecule has 23 heavy (non-hydrogen) atoms. The van der Waals surface area contributed by atoms with Gasteiger partial charge in [-0.05, 0) is 26.8 Å². The molecule has 1 aliphatic heterocycles. The van der Waals surface area contributed by atoms with Gasteiger partial charge in [-0.15, -0.1) is 0 Å². The summed E-state index contributed by atoms with van der Waals surface area (Å²) in [4.78, 5) is 34.9. The van der Waals surface area contributed by atoms with Gasteiger partial charge in [-0.3, -0.25) is 19.1 Å². The second kappa shape index (κ2) is 5.73. The van der Waals surface area contributed by atoms with Crippen molar-refractivity contribution in [2.45, 2.75) is 39.0 Å². The Hall–Kier alpha value is -2.28. The number of fused-ring (bicyclic) bond motifs is 1. The van der Waals surface area contributed by atoms with Gasteiger partial charge in [0.15, 0.2) is 0 Å². The molecule has 3 rings (SSSR count). The van der Waals surface area contributed by atoms with Crippen LogP contribution in [0, 0.1) is 0 Å². The molecule has 2 aromatic rings. The first kappa shape index (κ1) is 15.6. The summed E-state index contributed by atoms with van der Waals surface area (Å²) in [5.41, 5.74) is -0.0837. The minimum absolute atomic E-state index is 0.0209. The Morgan fingerprint density at radius 1 is 1.48 bits per heavy atom. The van der Waals surface area contributed by atoms with Gasteiger partial charge in [0.05, 0.1) is 35.1 Å². The molecule has 0 aliphatic carbocycles. The van der Waals surface area contributed by atoms with E-state index in [4.69, 9.17) is 4.74 Å². The molecule has 0 saturated carbocycles. The predicted molar refractivity (Wildman–Crippen MR) is 85.0 cm³/mol. The lowest BCUT2D eigenvalue weighted by Gasteiger charge is -2.41. The third-order valence-corrected chi connectivity index (χ3v) is 3.86. The molecule has 0 N–H and O–H groups in total. The Bertz CT molecular complexity index is 799. The van der Waals surface area contributed by atoms with E-state index in [9.17, 15) is 9.59 Å². The molecule has 1 saturated heterocycles. The van der Waals surface area contributed by atoms with Crippen molar-refractivity contribution in [3.05, 3.63) is 35.1 Å². The van der Waals surface area contributed by atoms with Crippen LogP contribution in [0.2, 0.25) is 0 Å². The van der Waals surface area contributed by atoms with E-state index in [2.05, 4.69) is 9.97 Å². The quantitative estimate of drug-likeness (QED) is 0.819. The zero-order chi connectivity index (χ0) is 16.6. The molecule has 7 nitrogen and oxygen atoms in total. The molecular weight excluding hydrogens is 296 g/mol. The van der Waals surface area contributed by atoms with Crippen molar-refractivity contribution < 1.29 is 9.53 Å². The number of amides is 1. The van der Waals surface area contributed by atoms with E-state index in [1.165, 1.54) is 17.1 Å². The van der Waals surface area contributed by atoms with E-state index in [0.717, 1.165) is 0 Å². The number of rotatable bonds is 2. The standard InChI is InChI=1S/C16H20N4O3/c1-11-7-19(9-16(2,3)23-11)14(21)8-20-10-18-13-6-17-5-4-12(13)15(20)22/h4-6,10-11H,7-9H2,1-3H3. The molecule has 2 aromatic heterocycles. The van der Waals surface area contributed by atoms with Gasteiger partial charge in [0.1, 0.15) is 6.54 Å². The molecule has 1 fully saturated rings. The third kappa shape index (κ3) is 3.24. The highest BCUT2D eigenvalue weighted by atomic mass is 16.5. The van der Waals surface area contributed by atoms with Crippen molar-refractivity contribution in [2.75, 3.05) is 13.1 Å². The molecule has 7 heteroatoms. The Morgan fingerprint density at radius 2 is 2.26 bits per heavy atom. The molecule has 0 spiro atoms. The van der Waals surface area contributed by atoms with Crippen LogP contribution in [0.1, 0.15) is 20.8 Å². The Balaban J connectivity index is 1.83. The Labute approximate surface area is 133 Å². The topological polar surface area (TPSA) is 77.3 Å². The molecule has 122 valence electrons. The van der Waals surface area contributed by atoms with E-state index >= 15 is 0 Å². The van der Waals surface area contributed by atoms with Crippen molar-refractivity contribution in [3.8, 4) is 0 Å². The summed E-state index contributed by atoms with van der Waals surface area (Å²) in [6, 6.07) is 1.62. The summed E-state index contributed by atoms with van der Waals surface area (Å²) in [5, 5.41) is 0.464. The minimum Gasteiger partial charge on any atom is -0.369 e. The van der Waals surface area contributed by atoms with Crippen LogP contribution in [0.15, 0.2) is 29.6 Å². The van der Waals surface area contributed by atoms with Gasteiger partial charge in [-0.1, -0.05) is 0 Å². The van der Waals surface area contributed by atoms with E-state index in [-0.39, 0.29) is 29.7 Å². The SMILES string of the molecule is CC1CN(C(=O)Cn2cnc3cnccc3c2=O)CC(C)(C)O1. The number of nitrogens with zero attached hydrogens (tertiary/aromatic N) is 4. The zero-order valence-electron chi connectivity index (χ0n) is 13.5. The highest BCUT2D eigenvalue weighted by molar-refractivity contribution is 5.78. The van der Waals surface area contributed by atoms with Crippen LogP contribution in [0.5, 0.6) is 0 Å². The average Bonchev–Trinajstić information content (AvgIpc) is 2.48. The van der Waals surface area contributed by atoms with Crippen LogP contribution in [0.3, 0.4) is 0 Å². The van der Waals surface area contributed by atoms with E-state index < -0.39 is 0 Å². The largest absolute Gasteiger partial charge is 0.369 e. The fraction of sp³-hybridized carbons (Fsp3) is 0.500. The maximum atomic E-state index is 12.6. The summed E-state index contributed by atoms with van der Waals surface area (Å²) in [7, 11) is 0. The van der Waals surface area contributed by atoms with Crippen LogP contribution in [-0.4, -0.2) is 50.1 Å². The van der Waals surface area contributed by atoms with Crippen molar-refractivity contribution in [2.24, 2.45) is 0 Å². The number of ether oxygens (including phenoxy) is 1. The maximum absolute atomic E-state index is 12.6. The molecular formula is C16H20N4O3. The lowest BCUT2D eigenvalue weighted by Crippen LogP contribution is -2.54. The number of hydrogen-bond donors (Lipinski definition) is 0. The summed E-state index contributed by atoms with van der Waals surface area (Å²) >= 11 is 0. The molecule has 1 aliphatic rings. The first-order valence-electron chi connectivity index (χ1n) is 7.60. The summed E-state index contributed by atoms with van der Waals surface area (Å²) < 4.78 is 7.15. The summed E-state index contributed by atoms with van der Waals surface area (Å²) in [5.74, 6) is -0.106. The Morgan fingerprint density at radius 3 is 3.00 bits per heavy atom. The number of aromatic nitrogens is 3. The van der Waals surface area contributed by atoms with Gasteiger partial charge >= 0.3 is 0 Å². The van der Waals surface area contributed by atoms with Gasteiger partial charge in [-0.25, -0.2) is 4.98 Å². The molecule has 0 aromatic carbocycles. The van der Waals surface area contributed by atoms with Crippen molar-refractivity contribution in [3.63, 3.8) is 0 Å². The van der Waals surface area contributed by atoms with Gasteiger partial charge in [0, 0.05) is 19.3 Å². The van der Waals surface area contributed by atoms with E-state index in [1.54, 1.807) is 17.2 Å². The van der Waals surface area contributed by atoms with E-state index in [0.29, 0.717) is 24.0 Å². The molecule has 3 heterocycles. The lowest BCUT2D eigenvalue weighted by molar-refractivity contribution is -0.158. The smallest absolute Gasteiger partial charge is 0.261 e. The minimum atomic E-state index is -0.383.